The molecule has 9 heteroatoms. The number of aromatic amines is 1. The molecule has 2 heterocycles. The Morgan fingerprint density at radius 2 is 2.17 bits per heavy atom. The van der Waals surface area contributed by atoms with Crippen LogP contribution in [0.15, 0.2) is 11.0 Å². The molecular weight excluding hydrogens is 246 g/mol. The van der Waals surface area contributed by atoms with Crippen LogP contribution in [-0.2, 0) is 4.74 Å². The number of carbonyl (C=O) groups is 1. The molecule has 1 amide bonds. The van der Waals surface area contributed by atoms with E-state index in [0.717, 1.165) is 10.9 Å². The standard InChI is InChI=1S/C9H13N3O6/c10-7(16)3-1-11-12(8(3)17)9-6(15)5(14)4(2-13)18-9/h1,4-6,9,11,13-15H,2H2,(H2,10,16). The van der Waals surface area contributed by atoms with E-state index in [4.69, 9.17) is 15.6 Å². The minimum atomic E-state index is -1.40. The molecule has 0 aromatic carbocycles. The lowest BCUT2D eigenvalue weighted by molar-refractivity contribution is -0.0601. The summed E-state index contributed by atoms with van der Waals surface area (Å²) in [7, 11) is 0. The van der Waals surface area contributed by atoms with E-state index >= 15 is 0 Å². The second kappa shape index (κ2) is 4.53. The molecule has 1 aromatic heterocycles. The van der Waals surface area contributed by atoms with Crippen molar-refractivity contribution >= 4 is 5.91 Å². The summed E-state index contributed by atoms with van der Waals surface area (Å²) in [5.41, 5.74) is 3.93. The maximum Gasteiger partial charge on any atom is 0.281 e. The molecule has 0 aliphatic carbocycles. The van der Waals surface area contributed by atoms with E-state index in [0.29, 0.717) is 0 Å². The highest BCUT2D eigenvalue weighted by atomic mass is 16.6. The number of aromatic nitrogens is 2. The zero-order chi connectivity index (χ0) is 13.4. The lowest BCUT2D eigenvalue weighted by Gasteiger charge is -2.14. The van der Waals surface area contributed by atoms with Crippen molar-refractivity contribution in [2.45, 2.75) is 24.5 Å². The van der Waals surface area contributed by atoms with Gasteiger partial charge in [0.1, 0.15) is 23.9 Å². The van der Waals surface area contributed by atoms with Gasteiger partial charge in [-0.3, -0.25) is 14.7 Å². The Labute approximate surface area is 100 Å². The van der Waals surface area contributed by atoms with Crippen LogP contribution in [0, 0.1) is 0 Å². The first kappa shape index (κ1) is 12.8. The Hall–Kier alpha value is -1.68. The number of hydrogen-bond donors (Lipinski definition) is 5. The third kappa shape index (κ3) is 1.82. The van der Waals surface area contributed by atoms with Crippen LogP contribution in [0.3, 0.4) is 0 Å². The number of carbonyl (C=O) groups excluding carboxylic acids is 1. The zero-order valence-corrected chi connectivity index (χ0v) is 9.18. The summed E-state index contributed by atoms with van der Waals surface area (Å²) < 4.78 is 5.96. The van der Waals surface area contributed by atoms with E-state index in [9.17, 15) is 19.8 Å². The van der Waals surface area contributed by atoms with Crippen molar-refractivity contribution in [3.8, 4) is 0 Å². The van der Waals surface area contributed by atoms with Gasteiger partial charge in [0, 0.05) is 6.20 Å². The first-order chi connectivity index (χ1) is 8.47. The molecule has 1 aromatic rings. The van der Waals surface area contributed by atoms with E-state index in [2.05, 4.69) is 5.10 Å². The monoisotopic (exact) mass is 259 g/mol. The minimum Gasteiger partial charge on any atom is -0.394 e. The van der Waals surface area contributed by atoms with Gasteiger partial charge >= 0.3 is 0 Å². The smallest absolute Gasteiger partial charge is 0.281 e. The van der Waals surface area contributed by atoms with Crippen LogP contribution in [-0.4, -0.2) is 55.9 Å². The Bertz CT molecular complexity index is 509. The van der Waals surface area contributed by atoms with Crippen molar-refractivity contribution in [2.75, 3.05) is 6.61 Å². The summed E-state index contributed by atoms with van der Waals surface area (Å²) in [6.45, 7) is -0.507. The number of amides is 1. The van der Waals surface area contributed by atoms with E-state index < -0.39 is 42.6 Å². The molecule has 9 nitrogen and oxygen atoms in total. The Morgan fingerprint density at radius 3 is 2.61 bits per heavy atom. The van der Waals surface area contributed by atoms with Gasteiger partial charge in [0.05, 0.1) is 6.61 Å². The fourth-order valence-corrected chi connectivity index (χ4v) is 1.84. The van der Waals surface area contributed by atoms with E-state index in [1.807, 2.05) is 0 Å². The summed E-state index contributed by atoms with van der Waals surface area (Å²) in [4.78, 5) is 22.7. The van der Waals surface area contributed by atoms with Crippen molar-refractivity contribution in [1.82, 2.24) is 9.78 Å². The van der Waals surface area contributed by atoms with Crippen LogP contribution in [0.1, 0.15) is 16.6 Å². The molecule has 1 saturated heterocycles. The van der Waals surface area contributed by atoms with Gasteiger partial charge in [-0.05, 0) is 0 Å². The highest BCUT2D eigenvalue weighted by Gasteiger charge is 2.44. The molecular formula is C9H13N3O6. The van der Waals surface area contributed by atoms with Gasteiger partial charge in [-0.25, -0.2) is 4.68 Å². The number of aliphatic hydroxyl groups is 3. The first-order valence-corrected chi connectivity index (χ1v) is 5.19. The SMILES string of the molecule is NC(=O)c1c[nH]n(C2OC(CO)C(O)C2O)c1=O. The van der Waals surface area contributed by atoms with Crippen LogP contribution < -0.4 is 11.3 Å². The van der Waals surface area contributed by atoms with Gasteiger partial charge in [0.15, 0.2) is 6.23 Å². The van der Waals surface area contributed by atoms with Crippen LogP contribution in [0.2, 0.25) is 0 Å². The molecule has 1 aliphatic heterocycles. The summed E-state index contributed by atoms with van der Waals surface area (Å²) in [5.74, 6) is -0.915. The van der Waals surface area contributed by atoms with Gasteiger partial charge < -0.3 is 25.8 Å². The number of rotatable bonds is 3. The third-order valence-corrected chi connectivity index (χ3v) is 2.83. The maximum absolute atomic E-state index is 11.7. The Morgan fingerprint density at radius 1 is 1.50 bits per heavy atom. The molecule has 0 radical (unpaired) electrons. The van der Waals surface area contributed by atoms with E-state index in [1.165, 1.54) is 0 Å². The molecule has 4 atom stereocenters. The molecule has 0 saturated carbocycles. The number of nitrogens with one attached hydrogen (secondary N) is 1. The molecule has 2 rings (SSSR count). The minimum absolute atomic E-state index is 0.285. The lowest BCUT2D eigenvalue weighted by atomic mass is 10.1. The zero-order valence-electron chi connectivity index (χ0n) is 9.18. The Balaban J connectivity index is 2.33. The van der Waals surface area contributed by atoms with Crippen molar-refractivity contribution in [3.63, 3.8) is 0 Å². The number of nitrogens with zero attached hydrogens (tertiary/aromatic N) is 1. The number of H-pyrrole nitrogens is 1. The second-order valence-electron chi connectivity index (χ2n) is 3.96. The molecule has 18 heavy (non-hydrogen) atoms. The second-order valence-corrected chi connectivity index (χ2v) is 3.96. The number of hydrogen-bond acceptors (Lipinski definition) is 6. The first-order valence-electron chi connectivity index (χ1n) is 5.19. The summed E-state index contributed by atoms with van der Waals surface area (Å²) >= 11 is 0. The van der Waals surface area contributed by atoms with Crippen LogP contribution in [0.4, 0.5) is 0 Å². The van der Waals surface area contributed by atoms with Gasteiger partial charge in [0.2, 0.25) is 0 Å². The highest BCUT2D eigenvalue weighted by Crippen LogP contribution is 2.27. The van der Waals surface area contributed by atoms with Crippen molar-refractivity contribution in [1.29, 1.82) is 0 Å². The van der Waals surface area contributed by atoms with Gasteiger partial charge in [-0.2, -0.15) is 0 Å². The lowest BCUT2D eigenvalue weighted by Crippen LogP contribution is -2.36. The van der Waals surface area contributed by atoms with Crippen molar-refractivity contribution < 1.29 is 24.9 Å². The highest BCUT2D eigenvalue weighted by molar-refractivity contribution is 5.92. The van der Waals surface area contributed by atoms with Gasteiger partial charge in [-0.15, -0.1) is 0 Å². The number of primary amides is 1. The summed E-state index contributed by atoms with van der Waals surface area (Å²) in [6.07, 6.45) is -3.86. The van der Waals surface area contributed by atoms with E-state index in [1.54, 1.807) is 0 Å². The average Bonchev–Trinajstić information content (AvgIpc) is 2.82. The predicted octanol–water partition coefficient (Wildman–Crippen LogP) is -3.11. The third-order valence-electron chi connectivity index (χ3n) is 2.83. The van der Waals surface area contributed by atoms with Crippen LogP contribution in [0.5, 0.6) is 0 Å². The average molecular weight is 259 g/mol. The molecule has 0 bridgehead atoms. The van der Waals surface area contributed by atoms with Crippen LogP contribution in [0.25, 0.3) is 0 Å². The fourth-order valence-electron chi connectivity index (χ4n) is 1.84. The molecule has 1 fully saturated rings. The van der Waals surface area contributed by atoms with E-state index in [-0.39, 0.29) is 5.56 Å². The normalized spacial score (nSPS) is 31.7. The summed E-state index contributed by atoms with van der Waals surface area (Å²) in [5, 5.41) is 30.6. The topological polar surface area (TPSA) is 151 Å². The molecule has 4 unspecified atom stereocenters. The summed E-state index contributed by atoms with van der Waals surface area (Å²) in [6, 6.07) is 0. The fraction of sp³-hybridized carbons (Fsp3) is 0.556. The Kier molecular flexibility index (Phi) is 3.22. The molecule has 1 aliphatic rings. The molecule has 6 N–H and O–H groups in total. The number of ether oxygens (including phenoxy) is 1. The largest absolute Gasteiger partial charge is 0.394 e. The van der Waals surface area contributed by atoms with Crippen LogP contribution >= 0.6 is 0 Å². The van der Waals surface area contributed by atoms with Gasteiger partial charge in [0.25, 0.3) is 11.5 Å². The number of nitrogens with two attached hydrogens (primary N) is 1. The maximum atomic E-state index is 11.7. The van der Waals surface area contributed by atoms with Crippen molar-refractivity contribution in [3.05, 3.63) is 22.1 Å². The molecule has 100 valence electrons. The predicted molar refractivity (Wildman–Crippen MR) is 56.6 cm³/mol. The molecule has 0 spiro atoms. The number of aliphatic hydroxyl groups excluding tert-OH is 3. The van der Waals surface area contributed by atoms with Gasteiger partial charge in [-0.1, -0.05) is 0 Å². The quantitative estimate of drug-likeness (QED) is 0.387. The van der Waals surface area contributed by atoms with Crippen molar-refractivity contribution in [2.24, 2.45) is 5.73 Å².